The lowest BCUT2D eigenvalue weighted by atomic mass is 9.90. The van der Waals surface area contributed by atoms with E-state index in [2.05, 4.69) is 31.1 Å². The van der Waals surface area contributed by atoms with Crippen LogP contribution in [0.1, 0.15) is 26.7 Å². The average molecular weight is 212 g/mol. The summed E-state index contributed by atoms with van der Waals surface area (Å²) in [6, 6.07) is 1.32. The van der Waals surface area contributed by atoms with E-state index in [1.807, 2.05) is 0 Å². The summed E-state index contributed by atoms with van der Waals surface area (Å²) in [5, 5.41) is 3.62. The summed E-state index contributed by atoms with van der Waals surface area (Å²) in [4.78, 5) is 2.46. The smallest absolute Gasteiger partial charge is 0.0622 e. The molecule has 88 valence electrons. The zero-order chi connectivity index (χ0) is 10.9. The Morgan fingerprint density at radius 3 is 2.80 bits per heavy atom. The van der Waals surface area contributed by atoms with Crippen molar-refractivity contribution in [1.82, 2.24) is 10.2 Å². The van der Waals surface area contributed by atoms with Crippen LogP contribution in [-0.4, -0.2) is 50.3 Å². The van der Waals surface area contributed by atoms with Gasteiger partial charge in [-0.25, -0.2) is 0 Å². The Kier molecular flexibility index (Phi) is 3.33. The topological polar surface area (TPSA) is 24.5 Å². The second-order valence-electron chi connectivity index (χ2n) is 5.90. The molecule has 2 saturated heterocycles. The molecule has 0 saturated carbocycles. The zero-order valence-corrected chi connectivity index (χ0v) is 10.3. The summed E-state index contributed by atoms with van der Waals surface area (Å²) in [5.74, 6) is 0. The standard InChI is InChI=1S/C12H24N2O/c1-12(2)6-10(13-9-12)7-14(3)11-4-5-15-8-11/h10-11,13H,4-9H2,1-3H3. The van der Waals surface area contributed by atoms with Crippen LogP contribution in [0, 0.1) is 5.41 Å². The van der Waals surface area contributed by atoms with Crippen LogP contribution in [0.25, 0.3) is 0 Å². The SMILES string of the molecule is CN(CC1CC(C)(C)CN1)C1CCOC1. The maximum atomic E-state index is 5.42. The fourth-order valence-electron chi connectivity index (χ4n) is 2.73. The van der Waals surface area contributed by atoms with Gasteiger partial charge in [0.1, 0.15) is 0 Å². The maximum Gasteiger partial charge on any atom is 0.0622 e. The Labute approximate surface area is 93.2 Å². The summed E-state index contributed by atoms with van der Waals surface area (Å²) in [6.45, 7) is 8.88. The van der Waals surface area contributed by atoms with E-state index in [1.54, 1.807) is 0 Å². The molecule has 0 radical (unpaired) electrons. The third-order valence-electron chi connectivity index (χ3n) is 3.71. The van der Waals surface area contributed by atoms with Crippen molar-refractivity contribution >= 4 is 0 Å². The molecule has 2 fully saturated rings. The lowest BCUT2D eigenvalue weighted by molar-refractivity contribution is 0.153. The quantitative estimate of drug-likeness (QED) is 0.758. The first-order chi connectivity index (χ1) is 7.07. The molecule has 0 aromatic carbocycles. The number of nitrogens with zero attached hydrogens (tertiary/aromatic N) is 1. The van der Waals surface area contributed by atoms with Gasteiger partial charge in [-0.1, -0.05) is 13.8 Å². The monoisotopic (exact) mass is 212 g/mol. The van der Waals surface area contributed by atoms with Gasteiger partial charge >= 0.3 is 0 Å². The lowest BCUT2D eigenvalue weighted by Crippen LogP contribution is -2.41. The zero-order valence-electron chi connectivity index (χ0n) is 10.3. The van der Waals surface area contributed by atoms with Gasteiger partial charge in [-0.05, 0) is 25.3 Å². The number of likely N-dealkylation sites (N-methyl/N-ethyl adjacent to an activating group) is 1. The van der Waals surface area contributed by atoms with Crippen molar-refractivity contribution in [3.8, 4) is 0 Å². The molecule has 2 atom stereocenters. The second-order valence-corrected chi connectivity index (χ2v) is 5.90. The van der Waals surface area contributed by atoms with Gasteiger partial charge in [0, 0.05) is 31.8 Å². The average Bonchev–Trinajstić information content (AvgIpc) is 2.74. The summed E-state index contributed by atoms with van der Waals surface area (Å²) in [7, 11) is 2.23. The first kappa shape index (κ1) is 11.4. The molecule has 0 aliphatic carbocycles. The van der Waals surface area contributed by atoms with Crippen LogP contribution in [0.15, 0.2) is 0 Å². The highest BCUT2D eigenvalue weighted by Gasteiger charge is 2.32. The summed E-state index contributed by atoms with van der Waals surface area (Å²) in [5.41, 5.74) is 0.484. The van der Waals surface area contributed by atoms with Crippen LogP contribution < -0.4 is 5.32 Å². The largest absolute Gasteiger partial charge is 0.380 e. The van der Waals surface area contributed by atoms with Crippen LogP contribution in [-0.2, 0) is 4.74 Å². The van der Waals surface area contributed by atoms with Crippen molar-refractivity contribution in [1.29, 1.82) is 0 Å². The van der Waals surface area contributed by atoms with Crippen molar-refractivity contribution in [2.45, 2.75) is 38.8 Å². The van der Waals surface area contributed by atoms with Crippen LogP contribution in [0.5, 0.6) is 0 Å². The first-order valence-corrected chi connectivity index (χ1v) is 6.08. The molecule has 0 aromatic heterocycles. The van der Waals surface area contributed by atoms with Gasteiger partial charge in [0.15, 0.2) is 0 Å². The molecule has 2 rings (SSSR count). The van der Waals surface area contributed by atoms with Crippen molar-refractivity contribution < 1.29 is 4.74 Å². The molecule has 3 heteroatoms. The Morgan fingerprint density at radius 2 is 2.27 bits per heavy atom. The van der Waals surface area contributed by atoms with E-state index in [4.69, 9.17) is 4.74 Å². The Balaban J connectivity index is 1.77. The summed E-state index contributed by atoms with van der Waals surface area (Å²) < 4.78 is 5.42. The molecule has 0 spiro atoms. The van der Waals surface area contributed by atoms with Crippen LogP contribution in [0.3, 0.4) is 0 Å². The minimum Gasteiger partial charge on any atom is -0.380 e. The summed E-state index contributed by atoms with van der Waals surface area (Å²) in [6.07, 6.45) is 2.50. The molecule has 2 aliphatic rings. The van der Waals surface area contributed by atoms with Crippen molar-refractivity contribution in [2.24, 2.45) is 5.41 Å². The van der Waals surface area contributed by atoms with Gasteiger partial charge in [0.2, 0.25) is 0 Å². The number of hydrogen-bond donors (Lipinski definition) is 1. The molecule has 3 nitrogen and oxygen atoms in total. The van der Waals surface area contributed by atoms with E-state index in [9.17, 15) is 0 Å². The third-order valence-corrected chi connectivity index (χ3v) is 3.71. The highest BCUT2D eigenvalue weighted by molar-refractivity contribution is 4.90. The summed E-state index contributed by atoms with van der Waals surface area (Å²) >= 11 is 0. The van der Waals surface area contributed by atoms with Gasteiger partial charge in [0.05, 0.1) is 6.61 Å². The van der Waals surface area contributed by atoms with E-state index in [0.29, 0.717) is 17.5 Å². The Morgan fingerprint density at radius 1 is 1.47 bits per heavy atom. The molecule has 0 aromatic rings. The Bertz CT molecular complexity index is 212. The van der Waals surface area contributed by atoms with Gasteiger partial charge in [-0.15, -0.1) is 0 Å². The minimum absolute atomic E-state index is 0.484. The molecule has 0 amide bonds. The van der Waals surface area contributed by atoms with Crippen molar-refractivity contribution in [3.63, 3.8) is 0 Å². The molecular weight excluding hydrogens is 188 g/mol. The molecule has 2 unspecified atom stereocenters. The molecular formula is C12H24N2O. The number of rotatable bonds is 3. The molecule has 0 bridgehead atoms. The van der Waals surface area contributed by atoms with Crippen molar-refractivity contribution in [2.75, 3.05) is 33.4 Å². The van der Waals surface area contributed by atoms with Crippen LogP contribution >= 0.6 is 0 Å². The molecule has 2 heterocycles. The minimum atomic E-state index is 0.484. The normalized spacial score (nSPS) is 35.2. The molecule has 2 aliphatic heterocycles. The number of ether oxygens (including phenoxy) is 1. The van der Waals surface area contributed by atoms with Crippen LogP contribution in [0.4, 0.5) is 0 Å². The van der Waals surface area contributed by atoms with Gasteiger partial charge < -0.3 is 10.1 Å². The van der Waals surface area contributed by atoms with E-state index in [0.717, 1.165) is 26.3 Å². The van der Waals surface area contributed by atoms with Crippen molar-refractivity contribution in [3.05, 3.63) is 0 Å². The van der Waals surface area contributed by atoms with E-state index in [-0.39, 0.29) is 0 Å². The van der Waals surface area contributed by atoms with Crippen LogP contribution in [0.2, 0.25) is 0 Å². The highest BCUT2D eigenvalue weighted by atomic mass is 16.5. The molecule has 15 heavy (non-hydrogen) atoms. The van der Waals surface area contributed by atoms with Gasteiger partial charge in [0.25, 0.3) is 0 Å². The third kappa shape index (κ3) is 2.92. The highest BCUT2D eigenvalue weighted by Crippen LogP contribution is 2.27. The second kappa shape index (κ2) is 4.40. The molecule has 1 N–H and O–H groups in total. The van der Waals surface area contributed by atoms with E-state index < -0.39 is 0 Å². The van der Waals surface area contributed by atoms with E-state index >= 15 is 0 Å². The Hall–Kier alpha value is -0.120. The van der Waals surface area contributed by atoms with E-state index in [1.165, 1.54) is 12.8 Å². The predicted octanol–water partition coefficient (Wildman–Crippen LogP) is 1.10. The van der Waals surface area contributed by atoms with Gasteiger partial charge in [-0.3, -0.25) is 4.90 Å². The lowest BCUT2D eigenvalue weighted by Gasteiger charge is -2.26. The number of nitrogens with one attached hydrogen (secondary N) is 1. The van der Waals surface area contributed by atoms with Gasteiger partial charge in [-0.2, -0.15) is 0 Å². The fraction of sp³-hybridized carbons (Fsp3) is 1.00. The number of hydrogen-bond acceptors (Lipinski definition) is 3. The first-order valence-electron chi connectivity index (χ1n) is 6.08. The fourth-order valence-corrected chi connectivity index (χ4v) is 2.73. The maximum absolute atomic E-state index is 5.42. The predicted molar refractivity (Wildman–Crippen MR) is 62.0 cm³/mol.